The van der Waals surface area contributed by atoms with Crippen LogP contribution in [-0.2, 0) is 11.3 Å². The fourth-order valence-corrected chi connectivity index (χ4v) is 2.05. The Morgan fingerprint density at radius 3 is 2.15 bits per heavy atom. The number of para-hydroxylation sites is 1. The summed E-state index contributed by atoms with van der Waals surface area (Å²) in [6.07, 6.45) is 0.636. The Hall–Kier alpha value is -2.13. The summed E-state index contributed by atoms with van der Waals surface area (Å²) >= 11 is 0. The molecule has 0 heterocycles. The minimum atomic E-state index is -0.459. The van der Waals surface area contributed by atoms with Gasteiger partial charge in [-0.1, -0.05) is 55.5 Å². The maximum atomic E-state index is 12.5. The summed E-state index contributed by atoms with van der Waals surface area (Å²) in [4.78, 5) is 14.2. The van der Waals surface area contributed by atoms with Crippen LogP contribution >= 0.6 is 0 Å². The van der Waals surface area contributed by atoms with Crippen molar-refractivity contribution in [2.24, 2.45) is 5.73 Å². The molecule has 104 valence electrons. The summed E-state index contributed by atoms with van der Waals surface area (Å²) in [5.74, 6) is -0.0393. The number of nitrogens with two attached hydrogens (primary N) is 1. The van der Waals surface area contributed by atoms with Crippen molar-refractivity contribution in [1.82, 2.24) is 0 Å². The molecular weight excluding hydrogens is 248 g/mol. The Morgan fingerprint density at radius 2 is 1.60 bits per heavy atom. The lowest BCUT2D eigenvalue weighted by molar-refractivity contribution is -0.120. The van der Waals surface area contributed by atoms with E-state index in [0.717, 1.165) is 11.3 Å². The van der Waals surface area contributed by atoms with Crippen molar-refractivity contribution in [3.8, 4) is 0 Å². The van der Waals surface area contributed by atoms with Gasteiger partial charge in [0, 0.05) is 5.69 Å². The SMILES string of the molecule is CC[C@@H](N)C(=O)N(Cc1ccccc1)c1ccccc1. The van der Waals surface area contributed by atoms with Crippen molar-refractivity contribution in [1.29, 1.82) is 0 Å². The summed E-state index contributed by atoms with van der Waals surface area (Å²) in [5.41, 5.74) is 7.89. The van der Waals surface area contributed by atoms with Gasteiger partial charge in [-0.25, -0.2) is 0 Å². The summed E-state index contributed by atoms with van der Waals surface area (Å²) < 4.78 is 0. The van der Waals surface area contributed by atoms with E-state index in [1.54, 1.807) is 4.90 Å². The lowest BCUT2D eigenvalue weighted by Crippen LogP contribution is -2.43. The van der Waals surface area contributed by atoms with E-state index in [1.807, 2.05) is 67.6 Å². The molecule has 2 aromatic carbocycles. The van der Waals surface area contributed by atoms with Crippen LogP contribution in [0.2, 0.25) is 0 Å². The molecular formula is C17H20N2O. The Balaban J connectivity index is 2.27. The van der Waals surface area contributed by atoms with E-state index in [1.165, 1.54) is 0 Å². The van der Waals surface area contributed by atoms with Crippen LogP contribution in [0.15, 0.2) is 60.7 Å². The maximum absolute atomic E-state index is 12.5. The quantitative estimate of drug-likeness (QED) is 0.906. The maximum Gasteiger partial charge on any atom is 0.244 e. The molecule has 0 bridgehead atoms. The topological polar surface area (TPSA) is 46.3 Å². The molecule has 3 heteroatoms. The second-order valence-electron chi connectivity index (χ2n) is 4.76. The van der Waals surface area contributed by atoms with Crippen LogP contribution in [0.25, 0.3) is 0 Å². The van der Waals surface area contributed by atoms with E-state index < -0.39 is 6.04 Å². The predicted octanol–water partition coefficient (Wildman–Crippen LogP) is 2.96. The van der Waals surface area contributed by atoms with Crippen LogP contribution in [0, 0.1) is 0 Å². The fraction of sp³-hybridized carbons (Fsp3) is 0.235. The molecule has 0 aromatic heterocycles. The number of carbonyl (C=O) groups excluding carboxylic acids is 1. The van der Waals surface area contributed by atoms with Crippen molar-refractivity contribution in [2.75, 3.05) is 4.90 Å². The third-order valence-corrected chi connectivity index (χ3v) is 3.27. The molecule has 0 unspecified atom stereocenters. The van der Waals surface area contributed by atoms with Gasteiger partial charge in [0.1, 0.15) is 0 Å². The first-order valence-corrected chi connectivity index (χ1v) is 6.88. The Bertz CT molecular complexity index is 539. The molecule has 2 N–H and O–H groups in total. The molecule has 0 aliphatic heterocycles. The molecule has 1 amide bonds. The average molecular weight is 268 g/mol. The van der Waals surface area contributed by atoms with Crippen LogP contribution in [0.1, 0.15) is 18.9 Å². The first-order chi connectivity index (χ1) is 9.72. The van der Waals surface area contributed by atoms with Gasteiger partial charge < -0.3 is 10.6 Å². The van der Waals surface area contributed by atoms with Crippen LogP contribution in [0.5, 0.6) is 0 Å². The van der Waals surface area contributed by atoms with Crippen molar-refractivity contribution < 1.29 is 4.79 Å². The number of benzene rings is 2. The first-order valence-electron chi connectivity index (χ1n) is 6.88. The second-order valence-corrected chi connectivity index (χ2v) is 4.76. The average Bonchev–Trinajstić information content (AvgIpc) is 2.53. The van der Waals surface area contributed by atoms with Crippen LogP contribution in [-0.4, -0.2) is 11.9 Å². The summed E-state index contributed by atoms with van der Waals surface area (Å²) in [5, 5.41) is 0. The lowest BCUT2D eigenvalue weighted by Gasteiger charge is -2.25. The third kappa shape index (κ3) is 3.45. The molecule has 0 aliphatic carbocycles. The van der Waals surface area contributed by atoms with Gasteiger partial charge >= 0.3 is 0 Å². The third-order valence-electron chi connectivity index (χ3n) is 3.27. The highest BCUT2D eigenvalue weighted by Gasteiger charge is 2.21. The molecule has 1 atom stereocenters. The van der Waals surface area contributed by atoms with E-state index >= 15 is 0 Å². The van der Waals surface area contributed by atoms with Gasteiger partial charge in [-0.05, 0) is 24.1 Å². The zero-order valence-corrected chi connectivity index (χ0v) is 11.7. The Kier molecular flexibility index (Phi) is 4.91. The normalized spacial score (nSPS) is 11.9. The van der Waals surface area contributed by atoms with Crippen molar-refractivity contribution >= 4 is 11.6 Å². The van der Waals surface area contributed by atoms with Crippen LogP contribution < -0.4 is 10.6 Å². The molecule has 20 heavy (non-hydrogen) atoms. The Labute approximate surface area is 120 Å². The molecule has 2 aromatic rings. The molecule has 0 radical (unpaired) electrons. The van der Waals surface area contributed by atoms with Gasteiger partial charge in [0.2, 0.25) is 5.91 Å². The van der Waals surface area contributed by atoms with Crippen LogP contribution in [0.4, 0.5) is 5.69 Å². The van der Waals surface area contributed by atoms with Gasteiger partial charge in [-0.2, -0.15) is 0 Å². The number of rotatable bonds is 5. The standard InChI is InChI=1S/C17H20N2O/c1-2-16(18)17(20)19(15-11-7-4-8-12-15)13-14-9-5-3-6-10-14/h3-12,16H,2,13,18H2,1H3/t16-/m1/s1. The number of amides is 1. The zero-order valence-electron chi connectivity index (χ0n) is 11.7. The largest absolute Gasteiger partial charge is 0.320 e. The molecule has 0 spiro atoms. The summed E-state index contributed by atoms with van der Waals surface area (Å²) in [6, 6.07) is 19.2. The molecule has 0 aliphatic rings. The predicted molar refractivity (Wildman–Crippen MR) is 82.3 cm³/mol. The lowest BCUT2D eigenvalue weighted by atomic mass is 10.1. The monoisotopic (exact) mass is 268 g/mol. The smallest absolute Gasteiger partial charge is 0.244 e. The number of carbonyl (C=O) groups is 1. The van der Waals surface area contributed by atoms with Gasteiger partial charge in [0.25, 0.3) is 0 Å². The van der Waals surface area contributed by atoms with E-state index in [-0.39, 0.29) is 5.91 Å². The highest BCUT2D eigenvalue weighted by molar-refractivity contribution is 5.96. The number of anilines is 1. The molecule has 3 nitrogen and oxygen atoms in total. The van der Waals surface area contributed by atoms with E-state index in [0.29, 0.717) is 13.0 Å². The second kappa shape index (κ2) is 6.87. The highest BCUT2D eigenvalue weighted by Crippen LogP contribution is 2.18. The molecule has 0 fully saturated rings. The molecule has 0 saturated carbocycles. The Morgan fingerprint density at radius 1 is 1.05 bits per heavy atom. The molecule has 0 saturated heterocycles. The van der Waals surface area contributed by atoms with Gasteiger partial charge in [-0.3, -0.25) is 4.79 Å². The number of hydrogen-bond acceptors (Lipinski definition) is 2. The van der Waals surface area contributed by atoms with Crippen LogP contribution in [0.3, 0.4) is 0 Å². The minimum absolute atomic E-state index is 0.0393. The fourth-order valence-electron chi connectivity index (χ4n) is 2.05. The summed E-state index contributed by atoms with van der Waals surface area (Å²) in [6.45, 7) is 2.46. The van der Waals surface area contributed by atoms with Crippen molar-refractivity contribution in [3.05, 3.63) is 66.2 Å². The highest BCUT2D eigenvalue weighted by atomic mass is 16.2. The van der Waals surface area contributed by atoms with Gasteiger partial charge in [0.05, 0.1) is 12.6 Å². The molecule has 2 rings (SSSR count). The van der Waals surface area contributed by atoms with Gasteiger partial charge in [0.15, 0.2) is 0 Å². The van der Waals surface area contributed by atoms with E-state index in [9.17, 15) is 4.79 Å². The van der Waals surface area contributed by atoms with E-state index in [2.05, 4.69) is 0 Å². The summed E-state index contributed by atoms with van der Waals surface area (Å²) in [7, 11) is 0. The van der Waals surface area contributed by atoms with Crippen molar-refractivity contribution in [2.45, 2.75) is 25.9 Å². The number of nitrogens with zero attached hydrogens (tertiary/aromatic N) is 1. The first kappa shape index (κ1) is 14.3. The van der Waals surface area contributed by atoms with E-state index in [4.69, 9.17) is 5.73 Å². The van der Waals surface area contributed by atoms with Gasteiger partial charge in [-0.15, -0.1) is 0 Å². The zero-order chi connectivity index (χ0) is 14.4. The number of hydrogen-bond donors (Lipinski definition) is 1. The van der Waals surface area contributed by atoms with Crippen molar-refractivity contribution in [3.63, 3.8) is 0 Å². The minimum Gasteiger partial charge on any atom is -0.320 e.